The van der Waals surface area contributed by atoms with Crippen LogP contribution in [0.2, 0.25) is 0 Å². The third-order valence-corrected chi connectivity index (χ3v) is 2.33. The van der Waals surface area contributed by atoms with Crippen molar-refractivity contribution in [2.24, 2.45) is 7.05 Å². The van der Waals surface area contributed by atoms with Gasteiger partial charge in [-0.1, -0.05) is 0 Å². The lowest BCUT2D eigenvalue weighted by Gasteiger charge is -2.05. The van der Waals surface area contributed by atoms with Crippen molar-refractivity contribution in [2.45, 2.75) is 13.1 Å². The SMILES string of the molecule is Cn1nccc1CNCCn1ccnc1. The molecule has 0 aliphatic rings. The minimum Gasteiger partial charge on any atom is -0.336 e. The summed E-state index contributed by atoms with van der Waals surface area (Å²) in [4.78, 5) is 3.99. The zero-order valence-corrected chi connectivity index (χ0v) is 8.80. The zero-order valence-electron chi connectivity index (χ0n) is 8.80. The average molecular weight is 205 g/mol. The van der Waals surface area contributed by atoms with E-state index in [-0.39, 0.29) is 0 Å². The summed E-state index contributed by atoms with van der Waals surface area (Å²) in [6, 6.07) is 2.02. The molecule has 1 N–H and O–H groups in total. The van der Waals surface area contributed by atoms with Gasteiger partial charge in [-0.2, -0.15) is 5.10 Å². The van der Waals surface area contributed by atoms with Gasteiger partial charge in [0.1, 0.15) is 0 Å². The molecule has 2 aromatic rings. The van der Waals surface area contributed by atoms with Gasteiger partial charge in [-0.3, -0.25) is 4.68 Å². The maximum atomic E-state index is 4.11. The van der Waals surface area contributed by atoms with E-state index in [0.29, 0.717) is 0 Å². The first-order valence-electron chi connectivity index (χ1n) is 4.99. The number of rotatable bonds is 5. The molecule has 0 saturated carbocycles. The molecule has 2 heterocycles. The Balaban J connectivity index is 1.70. The lowest BCUT2D eigenvalue weighted by molar-refractivity contribution is 0.574. The van der Waals surface area contributed by atoms with Crippen molar-refractivity contribution in [2.75, 3.05) is 6.54 Å². The maximum absolute atomic E-state index is 4.11. The second-order valence-corrected chi connectivity index (χ2v) is 3.42. The largest absolute Gasteiger partial charge is 0.336 e. The van der Waals surface area contributed by atoms with E-state index in [1.165, 1.54) is 5.69 Å². The van der Waals surface area contributed by atoms with E-state index in [1.807, 2.05) is 36.5 Å². The van der Waals surface area contributed by atoms with E-state index in [4.69, 9.17) is 0 Å². The van der Waals surface area contributed by atoms with Gasteiger partial charge in [-0.25, -0.2) is 4.98 Å². The third-order valence-electron chi connectivity index (χ3n) is 2.33. The quantitative estimate of drug-likeness (QED) is 0.719. The van der Waals surface area contributed by atoms with Gasteiger partial charge in [0.05, 0.1) is 12.0 Å². The average Bonchev–Trinajstić information content (AvgIpc) is 2.85. The van der Waals surface area contributed by atoms with Crippen molar-refractivity contribution in [1.82, 2.24) is 24.6 Å². The van der Waals surface area contributed by atoms with E-state index in [0.717, 1.165) is 19.6 Å². The van der Waals surface area contributed by atoms with Gasteiger partial charge in [0.25, 0.3) is 0 Å². The Kier molecular flexibility index (Phi) is 3.14. The van der Waals surface area contributed by atoms with E-state index >= 15 is 0 Å². The minimum absolute atomic E-state index is 0.852. The zero-order chi connectivity index (χ0) is 10.5. The van der Waals surface area contributed by atoms with Gasteiger partial charge < -0.3 is 9.88 Å². The molecule has 0 aromatic carbocycles. The summed E-state index contributed by atoms with van der Waals surface area (Å²) in [5, 5.41) is 7.46. The fourth-order valence-electron chi connectivity index (χ4n) is 1.42. The van der Waals surface area contributed by atoms with Crippen LogP contribution in [0.4, 0.5) is 0 Å². The van der Waals surface area contributed by atoms with Crippen molar-refractivity contribution < 1.29 is 0 Å². The molecule has 2 aromatic heterocycles. The van der Waals surface area contributed by atoms with Crippen molar-refractivity contribution in [3.8, 4) is 0 Å². The summed E-state index contributed by atoms with van der Waals surface area (Å²) in [5.74, 6) is 0. The number of aryl methyl sites for hydroxylation is 1. The second kappa shape index (κ2) is 4.75. The van der Waals surface area contributed by atoms with Crippen LogP contribution in [-0.4, -0.2) is 25.9 Å². The Bertz CT molecular complexity index is 390. The lowest BCUT2D eigenvalue weighted by atomic mass is 10.4. The van der Waals surface area contributed by atoms with Gasteiger partial charge in [0.2, 0.25) is 0 Å². The van der Waals surface area contributed by atoms with Crippen molar-refractivity contribution in [1.29, 1.82) is 0 Å². The Morgan fingerprint density at radius 2 is 2.33 bits per heavy atom. The first kappa shape index (κ1) is 9.92. The fourth-order valence-corrected chi connectivity index (χ4v) is 1.42. The summed E-state index contributed by atoms with van der Waals surface area (Å²) in [6.45, 7) is 2.73. The van der Waals surface area contributed by atoms with E-state index in [1.54, 1.807) is 6.20 Å². The van der Waals surface area contributed by atoms with Crippen molar-refractivity contribution in [3.63, 3.8) is 0 Å². The summed E-state index contributed by atoms with van der Waals surface area (Å²) in [7, 11) is 1.95. The monoisotopic (exact) mass is 205 g/mol. The molecule has 0 saturated heterocycles. The number of hydrogen-bond donors (Lipinski definition) is 1. The van der Waals surface area contributed by atoms with E-state index < -0.39 is 0 Å². The Labute approximate surface area is 88.7 Å². The van der Waals surface area contributed by atoms with Crippen LogP contribution in [-0.2, 0) is 20.1 Å². The smallest absolute Gasteiger partial charge is 0.0946 e. The van der Waals surface area contributed by atoms with E-state index in [2.05, 4.69) is 20.0 Å². The molecule has 0 atom stereocenters. The van der Waals surface area contributed by atoms with Crippen LogP contribution < -0.4 is 5.32 Å². The molecule has 0 amide bonds. The van der Waals surface area contributed by atoms with Crippen LogP contribution in [0.25, 0.3) is 0 Å². The highest BCUT2D eigenvalue weighted by atomic mass is 15.3. The molecule has 0 fully saturated rings. The first-order chi connectivity index (χ1) is 7.36. The minimum atomic E-state index is 0.852. The Morgan fingerprint density at radius 3 is 3.00 bits per heavy atom. The molecule has 0 radical (unpaired) electrons. The Hall–Kier alpha value is -1.62. The second-order valence-electron chi connectivity index (χ2n) is 3.42. The summed E-state index contributed by atoms with van der Waals surface area (Å²) in [5.41, 5.74) is 1.20. The molecule has 0 aliphatic carbocycles. The number of nitrogens with zero attached hydrogens (tertiary/aromatic N) is 4. The molecule has 0 aliphatic heterocycles. The van der Waals surface area contributed by atoms with Gasteiger partial charge in [0, 0.05) is 45.3 Å². The van der Waals surface area contributed by atoms with Gasteiger partial charge >= 0.3 is 0 Å². The first-order valence-corrected chi connectivity index (χ1v) is 4.99. The molecule has 5 heteroatoms. The predicted molar refractivity (Wildman–Crippen MR) is 57.1 cm³/mol. The number of imidazole rings is 1. The van der Waals surface area contributed by atoms with Gasteiger partial charge in [0.15, 0.2) is 0 Å². The highest BCUT2D eigenvalue weighted by Gasteiger charge is 1.96. The lowest BCUT2D eigenvalue weighted by Crippen LogP contribution is -2.20. The highest BCUT2D eigenvalue weighted by Crippen LogP contribution is 1.94. The molecule has 15 heavy (non-hydrogen) atoms. The van der Waals surface area contributed by atoms with Gasteiger partial charge in [-0.15, -0.1) is 0 Å². The van der Waals surface area contributed by atoms with Crippen molar-refractivity contribution >= 4 is 0 Å². The molecule has 0 unspecified atom stereocenters. The van der Waals surface area contributed by atoms with Crippen LogP contribution in [0.15, 0.2) is 31.0 Å². The van der Waals surface area contributed by atoms with E-state index in [9.17, 15) is 0 Å². The number of nitrogens with one attached hydrogen (secondary N) is 1. The van der Waals surface area contributed by atoms with Crippen LogP contribution in [0.5, 0.6) is 0 Å². The van der Waals surface area contributed by atoms with Crippen LogP contribution in [0.1, 0.15) is 5.69 Å². The molecule has 5 nitrogen and oxygen atoms in total. The molecular weight excluding hydrogens is 190 g/mol. The molecular formula is C10H15N5. The molecule has 80 valence electrons. The van der Waals surface area contributed by atoms with Gasteiger partial charge in [-0.05, 0) is 6.07 Å². The summed E-state index contributed by atoms with van der Waals surface area (Å²) < 4.78 is 3.93. The maximum Gasteiger partial charge on any atom is 0.0946 e. The third kappa shape index (κ3) is 2.66. The topological polar surface area (TPSA) is 47.7 Å². The number of hydrogen-bond acceptors (Lipinski definition) is 3. The predicted octanol–water partition coefficient (Wildman–Crippen LogP) is 0.406. The summed E-state index contributed by atoms with van der Waals surface area (Å²) >= 11 is 0. The van der Waals surface area contributed by atoms with Crippen LogP contribution in [0.3, 0.4) is 0 Å². The number of aromatic nitrogens is 4. The molecule has 2 rings (SSSR count). The Morgan fingerprint density at radius 1 is 1.40 bits per heavy atom. The molecule has 0 bridgehead atoms. The standard InChI is InChI=1S/C10H15N5/c1-14-10(2-3-13-14)8-11-4-6-15-7-5-12-9-15/h2-3,5,7,9,11H,4,6,8H2,1H3. The van der Waals surface area contributed by atoms with Crippen molar-refractivity contribution in [3.05, 3.63) is 36.7 Å². The highest BCUT2D eigenvalue weighted by molar-refractivity contribution is 4.98. The normalized spacial score (nSPS) is 10.7. The van der Waals surface area contributed by atoms with Crippen LogP contribution in [0, 0.1) is 0 Å². The summed E-state index contributed by atoms with van der Waals surface area (Å²) in [6.07, 6.45) is 7.39. The molecule has 0 spiro atoms. The van der Waals surface area contributed by atoms with Crippen LogP contribution >= 0.6 is 0 Å². The fraction of sp³-hybridized carbons (Fsp3) is 0.400.